The van der Waals surface area contributed by atoms with Crippen LogP contribution in [-0.4, -0.2) is 26.4 Å². The van der Waals surface area contributed by atoms with Gasteiger partial charge in [0.25, 0.3) is 0 Å². The van der Waals surface area contributed by atoms with Crippen LogP contribution < -0.4 is 5.32 Å². The Morgan fingerprint density at radius 2 is 2.21 bits per heavy atom. The quantitative estimate of drug-likeness (QED) is 0.747. The highest BCUT2D eigenvalue weighted by Gasteiger charge is 2.09. The Morgan fingerprint density at radius 1 is 1.32 bits per heavy atom. The SMILES string of the molecule is CNc1nc(CSc2nc(C)ns2)nc2sccc12. The highest BCUT2D eigenvalue weighted by atomic mass is 32.2. The van der Waals surface area contributed by atoms with Crippen LogP contribution in [0.3, 0.4) is 0 Å². The lowest BCUT2D eigenvalue weighted by atomic mass is 10.4. The molecular formula is C11H11N5S3. The fraction of sp³-hybridized carbons (Fsp3) is 0.273. The summed E-state index contributed by atoms with van der Waals surface area (Å²) in [5.41, 5.74) is 0. The number of hydrogen-bond acceptors (Lipinski definition) is 8. The van der Waals surface area contributed by atoms with Crippen molar-refractivity contribution in [2.24, 2.45) is 0 Å². The minimum atomic E-state index is 0.706. The number of anilines is 1. The maximum atomic E-state index is 4.57. The number of hydrogen-bond donors (Lipinski definition) is 1. The van der Waals surface area contributed by atoms with E-state index in [1.165, 1.54) is 11.5 Å². The van der Waals surface area contributed by atoms with Gasteiger partial charge in [0.1, 0.15) is 22.3 Å². The van der Waals surface area contributed by atoms with Crippen LogP contribution in [0.4, 0.5) is 5.82 Å². The fourth-order valence-corrected chi connectivity index (χ4v) is 3.90. The summed E-state index contributed by atoms with van der Waals surface area (Å²) in [5.74, 6) is 3.22. The first kappa shape index (κ1) is 12.8. The Bertz CT molecular complexity index is 705. The number of nitrogens with one attached hydrogen (secondary N) is 1. The maximum absolute atomic E-state index is 4.57. The molecule has 8 heteroatoms. The van der Waals surface area contributed by atoms with E-state index in [1.54, 1.807) is 23.1 Å². The topological polar surface area (TPSA) is 63.6 Å². The second-order valence-corrected chi connectivity index (χ2v) is 6.64. The zero-order chi connectivity index (χ0) is 13.2. The molecule has 0 aromatic carbocycles. The van der Waals surface area contributed by atoms with E-state index in [0.717, 1.165) is 32.0 Å². The van der Waals surface area contributed by atoms with Gasteiger partial charge in [-0.3, -0.25) is 0 Å². The first-order valence-corrected chi connectivity index (χ1v) is 8.25. The molecule has 1 N–H and O–H groups in total. The normalized spacial score (nSPS) is 11.1. The summed E-state index contributed by atoms with van der Waals surface area (Å²) in [7, 11) is 1.88. The summed E-state index contributed by atoms with van der Waals surface area (Å²) in [5, 5.41) is 6.23. The average molecular weight is 309 g/mol. The van der Waals surface area contributed by atoms with E-state index in [9.17, 15) is 0 Å². The molecule has 3 aromatic rings. The average Bonchev–Trinajstić information content (AvgIpc) is 3.03. The molecule has 98 valence electrons. The van der Waals surface area contributed by atoms with Crippen LogP contribution in [0.2, 0.25) is 0 Å². The molecule has 0 aliphatic heterocycles. The van der Waals surface area contributed by atoms with Crippen molar-refractivity contribution in [2.45, 2.75) is 17.0 Å². The molecular weight excluding hydrogens is 298 g/mol. The second-order valence-electron chi connectivity index (χ2n) is 3.77. The zero-order valence-corrected chi connectivity index (χ0v) is 12.8. The van der Waals surface area contributed by atoms with Crippen molar-refractivity contribution < 1.29 is 0 Å². The van der Waals surface area contributed by atoms with Crippen LogP contribution in [-0.2, 0) is 5.75 Å². The summed E-state index contributed by atoms with van der Waals surface area (Å²) in [6.45, 7) is 1.90. The van der Waals surface area contributed by atoms with E-state index < -0.39 is 0 Å². The molecule has 3 rings (SSSR count). The smallest absolute Gasteiger partial charge is 0.170 e. The highest BCUT2D eigenvalue weighted by Crippen LogP contribution is 2.28. The van der Waals surface area contributed by atoms with Crippen molar-refractivity contribution in [1.82, 2.24) is 19.3 Å². The second kappa shape index (κ2) is 5.40. The molecule has 0 spiro atoms. The third kappa shape index (κ3) is 2.70. The molecule has 5 nitrogen and oxygen atoms in total. The van der Waals surface area contributed by atoms with Crippen molar-refractivity contribution in [3.05, 3.63) is 23.1 Å². The number of thioether (sulfide) groups is 1. The summed E-state index contributed by atoms with van der Waals surface area (Å²) in [6, 6.07) is 2.04. The lowest BCUT2D eigenvalue weighted by molar-refractivity contribution is 1.06. The summed E-state index contributed by atoms with van der Waals surface area (Å²) >= 11 is 4.67. The van der Waals surface area contributed by atoms with Gasteiger partial charge in [0.2, 0.25) is 0 Å². The first-order valence-electron chi connectivity index (χ1n) is 5.61. The van der Waals surface area contributed by atoms with Crippen LogP contribution >= 0.6 is 34.6 Å². The van der Waals surface area contributed by atoms with Crippen molar-refractivity contribution in [2.75, 3.05) is 12.4 Å². The molecule has 0 atom stereocenters. The molecule has 0 saturated heterocycles. The van der Waals surface area contributed by atoms with Crippen LogP contribution in [0.5, 0.6) is 0 Å². The lowest BCUT2D eigenvalue weighted by Gasteiger charge is -2.04. The van der Waals surface area contributed by atoms with Crippen molar-refractivity contribution >= 4 is 50.7 Å². The zero-order valence-electron chi connectivity index (χ0n) is 10.4. The van der Waals surface area contributed by atoms with Gasteiger partial charge in [-0.25, -0.2) is 15.0 Å². The van der Waals surface area contributed by atoms with Crippen LogP contribution in [0.15, 0.2) is 15.8 Å². The van der Waals surface area contributed by atoms with Gasteiger partial charge in [-0.1, -0.05) is 11.8 Å². The minimum Gasteiger partial charge on any atom is -0.372 e. The van der Waals surface area contributed by atoms with E-state index in [0.29, 0.717) is 5.75 Å². The molecule has 3 aromatic heterocycles. The van der Waals surface area contributed by atoms with Gasteiger partial charge in [-0.15, -0.1) is 11.3 Å². The van der Waals surface area contributed by atoms with Crippen LogP contribution in [0.1, 0.15) is 11.6 Å². The summed E-state index contributed by atoms with van der Waals surface area (Å²) in [4.78, 5) is 14.4. The highest BCUT2D eigenvalue weighted by molar-refractivity contribution is 8.00. The standard InChI is InChI=1S/C11H11N5S3/c1-6-13-11(19-16-6)18-5-8-14-9(12-2)7-3-4-17-10(7)15-8/h3-4H,5H2,1-2H3,(H,12,14,15). The van der Waals surface area contributed by atoms with Gasteiger partial charge in [-0.05, 0) is 29.9 Å². The monoisotopic (exact) mass is 309 g/mol. The number of thiophene rings is 1. The number of aryl methyl sites for hydroxylation is 1. The molecule has 0 aliphatic carbocycles. The molecule has 0 aliphatic rings. The van der Waals surface area contributed by atoms with E-state index in [2.05, 4.69) is 24.6 Å². The lowest BCUT2D eigenvalue weighted by Crippen LogP contribution is -1.99. The Hall–Kier alpha value is -1.25. The van der Waals surface area contributed by atoms with Crippen LogP contribution in [0.25, 0.3) is 10.2 Å². The van der Waals surface area contributed by atoms with Gasteiger partial charge >= 0.3 is 0 Å². The minimum absolute atomic E-state index is 0.706. The van der Waals surface area contributed by atoms with Gasteiger partial charge in [0, 0.05) is 7.05 Å². The van der Waals surface area contributed by atoms with E-state index in [1.807, 2.05) is 25.4 Å². The molecule has 0 unspecified atom stereocenters. The molecule has 0 radical (unpaired) electrons. The number of rotatable bonds is 4. The number of aromatic nitrogens is 4. The van der Waals surface area contributed by atoms with Gasteiger partial charge in [-0.2, -0.15) is 4.37 Å². The predicted octanol–water partition coefficient (Wildman–Crippen LogP) is 3.19. The van der Waals surface area contributed by atoms with Gasteiger partial charge in [0.15, 0.2) is 4.34 Å². The van der Waals surface area contributed by atoms with Crippen molar-refractivity contribution in [3.8, 4) is 0 Å². The van der Waals surface area contributed by atoms with E-state index in [-0.39, 0.29) is 0 Å². The van der Waals surface area contributed by atoms with Crippen LogP contribution in [0, 0.1) is 6.92 Å². The Labute approximate surface area is 122 Å². The van der Waals surface area contributed by atoms with Gasteiger partial charge < -0.3 is 5.32 Å². The summed E-state index contributed by atoms with van der Waals surface area (Å²) in [6.07, 6.45) is 0. The van der Waals surface area contributed by atoms with E-state index in [4.69, 9.17) is 0 Å². The molecule has 0 bridgehead atoms. The number of nitrogens with zero attached hydrogens (tertiary/aromatic N) is 4. The third-order valence-corrected chi connectivity index (χ3v) is 5.17. The van der Waals surface area contributed by atoms with E-state index >= 15 is 0 Å². The van der Waals surface area contributed by atoms with Gasteiger partial charge in [0.05, 0.1) is 11.1 Å². The molecule has 0 saturated carbocycles. The number of fused-ring (bicyclic) bond motifs is 1. The molecule has 3 heterocycles. The van der Waals surface area contributed by atoms with Crippen molar-refractivity contribution in [1.29, 1.82) is 0 Å². The maximum Gasteiger partial charge on any atom is 0.170 e. The molecule has 19 heavy (non-hydrogen) atoms. The summed E-state index contributed by atoms with van der Waals surface area (Å²) < 4.78 is 5.12. The molecule has 0 amide bonds. The Kier molecular flexibility index (Phi) is 3.63. The van der Waals surface area contributed by atoms with Crippen molar-refractivity contribution in [3.63, 3.8) is 0 Å². The third-order valence-electron chi connectivity index (χ3n) is 2.44. The molecule has 0 fully saturated rings. The Balaban J connectivity index is 1.84. The largest absolute Gasteiger partial charge is 0.372 e. The predicted molar refractivity (Wildman–Crippen MR) is 81.2 cm³/mol. The first-order chi connectivity index (χ1) is 9.26. The Morgan fingerprint density at radius 3 is 2.95 bits per heavy atom. The fourth-order valence-electron chi connectivity index (χ4n) is 1.62.